The second-order valence-electron chi connectivity index (χ2n) is 4.77. The van der Waals surface area contributed by atoms with Crippen molar-refractivity contribution in [3.63, 3.8) is 0 Å². The van der Waals surface area contributed by atoms with E-state index in [-0.39, 0.29) is 5.91 Å². The van der Waals surface area contributed by atoms with Gasteiger partial charge in [-0.2, -0.15) is 11.8 Å². The van der Waals surface area contributed by atoms with Crippen molar-refractivity contribution in [2.24, 2.45) is 5.73 Å². The molecule has 0 aromatic heterocycles. The summed E-state index contributed by atoms with van der Waals surface area (Å²) in [5, 5.41) is 5.40. The van der Waals surface area contributed by atoms with E-state index in [2.05, 4.69) is 47.8 Å². The van der Waals surface area contributed by atoms with Gasteiger partial charge in [0.05, 0.1) is 6.04 Å². The van der Waals surface area contributed by atoms with Gasteiger partial charge >= 0.3 is 0 Å². The van der Waals surface area contributed by atoms with Crippen LogP contribution in [-0.4, -0.2) is 24.2 Å². The minimum atomic E-state index is -0.432. The number of nitrogens with two attached hydrogens (primary N) is 1. The van der Waals surface area contributed by atoms with Crippen LogP contribution in [0.5, 0.6) is 0 Å². The Labute approximate surface area is 123 Å². The first kappa shape index (κ1) is 14.9. The highest BCUT2D eigenvalue weighted by molar-refractivity contribution is 7.98. The number of carbonyl (C=O) groups is 1. The third kappa shape index (κ3) is 3.99. The van der Waals surface area contributed by atoms with Gasteiger partial charge in [-0.3, -0.25) is 4.79 Å². The monoisotopic (exact) mass is 288 g/mol. The molecule has 1 atom stereocenters. The van der Waals surface area contributed by atoms with E-state index in [1.165, 1.54) is 16.3 Å². The fraction of sp³-hybridized carbons (Fsp3) is 0.312. The first-order valence-corrected chi connectivity index (χ1v) is 7.91. The summed E-state index contributed by atoms with van der Waals surface area (Å²) >= 11 is 1.82. The van der Waals surface area contributed by atoms with Crippen molar-refractivity contribution in [1.82, 2.24) is 5.32 Å². The summed E-state index contributed by atoms with van der Waals surface area (Å²) in [5.74, 6) is 1.76. The number of carbonyl (C=O) groups excluding carboxylic acids is 1. The van der Waals surface area contributed by atoms with Crippen molar-refractivity contribution in [2.75, 3.05) is 12.3 Å². The molecule has 2 aromatic rings. The minimum Gasteiger partial charge on any atom is -0.354 e. The van der Waals surface area contributed by atoms with Crippen molar-refractivity contribution >= 4 is 28.4 Å². The number of hydrogen-bond acceptors (Lipinski definition) is 3. The molecule has 0 bridgehead atoms. The topological polar surface area (TPSA) is 55.1 Å². The fourth-order valence-corrected chi connectivity index (χ4v) is 2.87. The van der Waals surface area contributed by atoms with E-state index in [0.29, 0.717) is 6.54 Å². The lowest BCUT2D eigenvalue weighted by Gasteiger charge is -2.08. The fourth-order valence-electron chi connectivity index (χ4n) is 2.01. The standard InChI is InChI=1S/C16H20N2OS/c1-12(17)16(19)18-9-10-20-11-14-7-4-6-13-5-2-3-8-15(13)14/h2-8,12H,9-11,17H2,1H3,(H,18,19)/t12-/m0/s1. The zero-order valence-electron chi connectivity index (χ0n) is 11.6. The van der Waals surface area contributed by atoms with Gasteiger partial charge < -0.3 is 11.1 Å². The predicted molar refractivity (Wildman–Crippen MR) is 86.8 cm³/mol. The van der Waals surface area contributed by atoms with Crippen LogP contribution in [0.4, 0.5) is 0 Å². The second-order valence-corrected chi connectivity index (χ2v) is 5.88. The van der Waals surface area contributed by atoms with Crippen LogP contribution in [-0.2, 0) is 10.5 Å². The molecule has 1 amide bonds. The van der Waals surface area contributed by atoms with Gasteiger partial charge in [-0.1, -0.05) is 42.5 Å². The number of nitrogens with one attached hydrogen (secondary N) is 1. The summed E-state index contributed by atoms with van der Waals surface area (Å²) in [7, 11) is 0. The van der Waals surface area contributed by atoms with Crippen LogP contribution in [0.2, 0.25) is 0 Å². The zero-order valence-corrected chi connectivity index (χ0v) is 12.5. The van der Waals surface area contributed by atoms with Crippen molar-refractivity contribution in [3.05, 3.63) is 48.0 Å². The molecule has 0 aliphatic carbocycles. The number of benzene rings is 2. The lowest BCUT2D eigenvalue weighted by molar-refractivity contribution is -0.121. The Balaban J connectivity index is 1.83. The van der Waals surface area contributed by atoms with Crippen molar-refractivity contribution in [3.8, 4) is 0 Å². The van der Waals surface area contributed by atoms with Gasteiger partial charge in [-0.05, 0) is 23.3 Å². The molecule has 20 heavy (non-hydrogen) atoms. The molecule has 0 unspecified atom stereocenters. The first-order chi connectivity index (χ1) is 9.68. The number of thioether (sulfide) groups is 1. The van der Waals surface area contributed by atoms with Crippen LogP contribution >= 0.6 is 11.8 Å². The van der Waals surface area contributed by atoms with Gasteiger partial charge in [-0.25, -0.2) is 0 Å². The van der Waals surface area contributed by atoms with Crippen LogP contribution in [0.15, 0.2) is 42.5 Å². The molecule has 3 N–H and O–H groups in total. The number of fused-ring (bicyclic) bond motifs is 1. The maximum Gasteiger partial charge on any atom is 0.236 e. The van der Waals surface area contributed by atoms with Gasteiger partial charge in [0.1, 0.15) is 0 Å². The molecular formula is C16H20N2OS. The highest BCUT2D eigenvalue weighted by Gasteiger charge is 2.05. The highest BCUT2D eigenvalue weighted by atomic mass is 32.2. The lowest BCUT2D eigenvalue weighted by Crippen LogP contribution is -2.39. The normalized spacial score (nSPS) is 12.3. The van der Waals surface area contributed by atoms with E-state index in [1.54, 1.807) is 6.92 Å². The largest absolute Gasteiger partial charge is 0.354 e. The summed E-state index contributed by atoms with van der Waals surface area (Å²) in [5.41, 5.74) is 6.82. The lowest BCUT2D eigenvalue weighted by atomic mass is 10.1. The van der Waals surface area contributed by atoms with Gasteiger partial charge in [-0.15, -0.1) is 0 Å². The number of rotatable bonds is 6. The van der Waals surface area contributed by atoms with Crippen LogP contribution in [0.1, 0.15) is 12.5 Å². The first-order valence-electron chi connectivity index (χ1n) is 6.76. The number of amides is 1. The molecular weight excluding hydrogens is 268 g/mol. The van der Waals surface area contributed by atoms with Gasteiger partial charge in [0, 0.05) is 18.1 Å². The van der Waals surface area contributed by atoms with Crippen LogP contribution in [0, 0.1) is 0 Å². The van der Waals surface area contributed by atoms with Crippen molar-refractivity contribution < 1.29 is 4.79 Å². The van der Waals surface area contributed by atoms with E-state index in [0.717, 1.165) is 11.5 Å². The Morgan fingerprint density at radius 1 is 1.25 bits per heavy atom. The molecule has 0 fully saturated rings. The number of hydrogen-bond donors (Lipinski definition) is 2. The maximum absolute atomic E-state index is 11.3. The Bertz CT molecular complexity index is 578. The molecule has 2 rings (SSSR count). The molecule has 0 heterocycles. The Morgan fingerprint density at radius 3 is 2.80 bits per heavy atom. The maximum atomic E-state index is 11.3. The van der Waals surface area contributed by atoms with Crippen molar-refractivity contribution in [2.45, 2.75) is 18.7 Å². The zero-order chi connectivity index (χ0) is 14.4. The molecule has 2 aromatic carbocycles. The van der Waals surface area contributed by atoms with Gasteiger partial charge in [0.25, 0.3) is 0 Å². The van der Waals surface area contributed by atoms with Crippen molar-refractivity contribution in [1.29, 1.82) is 0 Å². The molecule has 0 radical (unpaired) electrons. The Kier molecular flexibility index (Phi) is 5.44. The highest BCUT2D eigenvalue weighted by Crippen LogP contribution is 2.22. The van der Waals surface area contributed by atoms with E-state index < -0.39 is 6.04 Å². The molecule has 0 saturated heterocycles. The Morgan fingerprint density at radius 2 is 2.00 bits per heavy atom. The summed E-state index contributed by atoms with van der Waals surface area (Å²) < 4.78 is 0. The van der Waals surface area contributed by atoms with Gasteiger partial charge in [0.2, 0.25) is 5.91 Å². The predicted octanol–water partition coefficient (Wildman–Crippen LogP) is 2.54. The summed E-state index contributed by atoms with van der Waals surface area (Å²) in [6.07, 6.45) is 0. The van der Waals surface area contributed by atoms with E-state index >= 15 is 0 Å². The van der Waals surface area contributed by atoms with E-state index in [4.69, 9.17) is 5.73 Å². The average Bonchev–Trinajstić information content (AvgIpc) is 2.46. The molecule has 0 saturated carbocycles. The van der Waals surface area contributed by atoms with Crippen LogP contribution < -0.4 is 11.1 Å². The molecule has 3 nitrogen and oxygen atoms in total. The Hall–Kier alpha value is -1.52. The van der Waals surface area contributed by atoms with E-state index in [1.807, 2.05) is 11.8 Å². The molecule has 106 valence electrons. The molecule has 0 aliphatic heterocycles. The summed E-state index contributed by atoms with van der Waals surface area (Å²) in [6, 6.07) is 14.4. The molecule has 0 spiro atoms. The minimum absolute atomic E-state index is 0.0873. The third-order valence-electron chi connectivity index (χ3n) is 3.10. The quantitative estimate of drug-likeness (QED) is 0.803. The SMILES string of the molecule is C[C@H](N)C(=O)NCCSCc1cccc2ccccc12. The average molecular weight is 288 g/mol. The van der Waals surface area contributed by atoms with Crippen LogP contribution in [0.25, 0.3) is 10.8 Å². The summed E-state index contributed by atoms with van der Waals surface area (Å²) in [6.45, 7) is 2.36. The smallest absolute Gasteiger partial charge is 0.236 e. The summed E-state index contributed by atoms with van der Waals surface area (Å²) in [4.78, 5) is 11.3. The molecule has 0 aliphatic rings. The van der Waals surface area contributed by atoms with Gasteiger partial charge in [0.15, 0.2) is 0 Å². The van der Waals surface area contributed by atoms with Crippen LogP contribution in [0.3, 0.4) is 0 Å². The van der Waals surface area contributed by atoms with E-state index in [9.17, 15) is 4.79 Å². The molecule has 4 heteroatoms. The second kappa shape index (κ2) is 7.31. The third-order valence-corrected chi connectivity index (χ3v) is 4.10.